The third-order valence-electron chi connectivity index (χ3n) is 5.98. The molecule has 0 atom stereocenters. The van der Waals surface area contributed by atoms with Crippen LogP contribution in [0.2, 0.25) is 0 Å². The Labute approximate surface area is 134 Å². The average molecular weight is 290 g/mol. The molecule has 2 aliphatic rings. The summed E-state index contributed by atoms with van der Waals surface area (Å²) < 4.78 is 0. The molecule has 0 heterocycles. The van der Waals surface area contributed by atoms with Gasteiger partial charge in [-0.25, -0.2) is 0 Å². The molecule has 0 saturated heterocycles. The van der Waals surface area contributed by atoms with Crippen molar-refractivity contribution in [1.29, 1.82) is 0 Å². The lowest BCUT2D eigenvalue weighted by Crippen LogP contribution is -2.21. The summed E-state index contributed by atoms with van der Waals surface area (Å²) in [5.74, 6) is 0.610. The van der Waals surface area contributed by atoms with Gasteiger partial charge in [-0.05, 0) is 58.6 Å². The van der Waals surface area contributed by atoms with Gasteiger partial charge in [0.25, 0.3) is 0 Å². The SMILES string of the molecule is CCc1ccc2c(c1)C1(CCCC1)c1cc(C(C)C)ccc1-2. The molecule has 1 fully saturated rings. The van der Waals surface area contributed by atoms with E-state index in [1.54, 1.807) is 11.1 Å². The Bertz CT molecular complexity index is 715. The van der Waals surface area contributed by atoms with E-state index >= 15 is 0 Å². The Morgan fingerprint density at radius 1 is 0.909 bits per heavy atom. The van der Waals surface area contributed by atoms with Gasteiger partial charge in [0.1, 0.15) is 0 Å². The molecule has 0 radical (unpaired) electrons. The van der Waals surface area contributed by atoms with Crippen LogP contribution in [0.3, 0.4) is 0 Å². The average Bonchev–Trinajstić information content (AvgIpc) is 3.13. The fourth-order valence-electron chi connectivity index (χ4n) is 4.66. The first-order valence-electron chi connectivity index (χ1n) is 8.94. The van der Waals surface area contributed by atoms with Crippen molar-refractivity contribution in [3.8, 4) is 11.1 Å². The van der Waals surface area contributed by atoms with E-state index in [0.717, 1.165) is 6.42 Å². The van der Waals surface area contributed by atoms with E-state index in [-0.39, 0.29) is 0 Å². The Morgan fingerprint density at radius 2 is 1.55 bits per heavy atom. The number of hydrogen-bond donors (Lipinski definition) is 0. The molecule has 2 aromatic carbocycles. The second-order valence-electron chi connectivity index (χ2n) is 7.48. The molecule has 0 aliphatic heterocycles. The van der Waals surface area contributed by atoms with Crippen molar-refractivity contribution in [2.45, 2.75) is 64.2 Å². The highest BCUT2D eigenvalue weighted by Gasteiger charge is 2.45. The van der Waals surface area contributed by atoms with Crippen LogP contribution < -0.4 is 0 Å². The van der Waals surface area contributed by atoms with Crippen molar-refractivity contribution < 1.29 is 0 Å². The van der Waals surface area contributed by atoms with Gasteiger partial charge >= 0.3 is 0 Å². The molecular formula is C22H26. The van der Waals surface area contributed by atoms with Crippen molar-refractivity contribution in [3.63, 3.8) is 0 Å². The molecule has 0 amide bonds. The quantitative estimate of drug-likeness (QED) is 0.616. The molecule has 0 N–H and O–H groups in total. The third-order valence-corrected chi connectivity index (χ3v) is 5.98. The van der Waals surface area contributed by atoms with Crippen LogP contribution in [-0.2, 0) is 11.8 Å². The number of aryl methyl sites for hydroxylation is 1. The van der Waals surface area contributed by atoms with E-state index in [1.807, 2.05) is 0 Å². The summed E-state index contributed by atoms with van der Waals surface area (Å²) in [6.45, 7) is 6.88. The molecule has 2 aliphatic carbocycles. The van der Waals surface area contributed by atoms with Gasteiger partial charge in [-0.15, -0.1) is 0 Å². The Hall–Kier alpha value is -1.56. The number of benzene rings is 2. The summed E-state index contributed by atoms with van der Waals surface area (Å²) in [6, 6.07) is 14.5. The minimum Gasteiger partial charge on any atom is -0.0613 e. The Balaban J connectivity index is 1.97. The highest BCUT2D eigenvalue weighted by Crippen LogP contribution is 2.57. The second-order valence-corrected chi connectivity index (χ2v) is 7.48. The van der Waals surface area contributed by atoms with Crippen LogP contribution in [0.25, 0.3) is 11.1 Å². The highest BCUT2D eigenvalue weighted by atomic mass is 14.5. The number of hydrogen-bond acceptors (Lipinski definition) is 0. The van der Waals surface area contributed by atoms with E-state index in [0.29, 0.717) is 11.3 Å². The minimum absolute atomic E-state index is 0.320. The van der Waals surface area contributed by atoms with Crippen LogP contribution in [0.4, 0.5) is 0 Å². The van der Waals surface area contributed by atoms with Crippen LogP contribution >= 0.6 is 0 Å². The summed E-state index contributed by atoms with van der Waals surface area (Å²) in [6.07, 6.45) is 6.56. The Morgan fingerprint density at radius 3 is 2.18 bits per heavy atom. The summed E-state index contributed by atoms with van der Waals surface area (Å²) in [7, 11) is 0. The molecule has 0 unspecified atom stereocenters. The van der Waals surface area contributed by atoms with Gasteiger partial charge in [-0.3, -0.25) is 0 Å². The summed E-state index contributed by atoms with van der Waals surface area (Å²) in [5, 5.41) is 0. The molecule has 1 saturated carbocycles. The summed E-state index contributed by atoms with van der Waals surface area (Å²) >= 11 is 0. The van der Waals surface area contributed by atoms with Gasteiger partial charge in [-0.2, -0.15) is 0 Å². The normalized spacial score (nSPS) is 18.0. The van der Waals surface area contributed by atoms with Crippen molar-refractivity contribution in [2.24, 2.45) is 0 Å². The van der Waals surface area contributed by atoms with Gasteiger partial charge in [0.05, 0.1) is 0 Å². The fourth-order valence-corrected chi connectivity index (χ4v) is 4.66. The fraction of sp³-hybridized carbons (Fsp3) is 0.455. The molecule has 0 heteroatoms. The van der Waals surface area contributed by atoms with E-state index in [1.165, 1.54) is 47.9 Å². The van der Waals surface area contributed by atoms with Gasteiger partial charge in [0.2, 0.25) is 0 Å². The lowest BCUT2D eigenvalue weighted by molar-refractivity contribution is 0.548. The van der Waals surface area contributed by atoms with Crippen LogP contribution in [0.5, 0.6) is 0 Å². The van der Waals surface area contributed by atoms with Crippen LogP contribution in [0, 0.1) is 0 Å². The topological polar surface area (TPSA) is 0 Å². The first-order chi connectivity index (χ1) is 10.7. The number of fused-ring (bicyclic) bond motifs is 5. The molecule has 114 valence electrons. The monoisotopic (exact) mass is 290 g/mol. The van der Waals surface area contributed by atoms with Gasteiger partial charge in [0, 0.05) is 5.41 Å². The predicted octanol–water partition coefficient (Wildman–Crippen LogP) is 6.21. The molecule has 2 aromatic rings. The van der Waals surface area contributed by atoms with Gasteiger partial charge < -0.3 is 0 Å². The zero-order valence-electron chi connectivity index (χ0n) is 14.1. The molecule has 1 spiro atoms. The maximum absolute atomic E-state index is 2.52. The summed E-state index contributed by atoms with van der Waals surface area (Å²) in [4.78, 5) is 0. The standard InChI is InChI=1S/C22H26/c1-4-16-7-9-18-19-10-8-17(15(2)3)14-21(19)22(20(18)13-16)11-5-6-12-22/h7-10,13-15H,4-6,11-12H2,1-3H3. The zero-order valence-corrected chi connectivity index (χ0v) is 14.1. The first kappa shape index (κ1) is 14.1. The van der Waals surface area contributed by atoms with E-state index in [2.05, 4.69) is 57.2 Å². The number of rotatable bonds is 2. The maximum atomic E-state index is 2.52. The van der Waals surface area contributed by atoms with Crippen molar-refractivity contribution in [2.75, 3.05) is 0 Å². The lowest BCUT2D eigenvalue weighted by Gasteiger charge is -2.27. The predicted molar refractivity (Wildman–Crippen MR) is 94.6 cm³/mol. The second kappa shape index (κ2) is 4.98. The largest absolute Gasteiger partial charge is 0.0613 e. The smallest absolute Gasteiger partial charge is 0.0215 e. The van der Waals surface area contributed by atoms with E-state index < -0.39 is 0 Å². The zero-order chi connectivity index (χ0) is 15.3. The molecule has 0 aromatic heterocycles. The van der Waals surface area contributed by atoms with Crippen molar-refractivity contribution in [1.82, 2.24) is 0 Å². The molecular weight excluding hydrogens is 264 g/mol. The molecule has 4 rings (SSSR count). The van der Waals surface area contributed by atoms with E-state index in [9.17, 15) is 0 Å². The first-order valence-corrected chi connectivity index (χ1v) is 8.94. The lowest BCUT2D eigenvalue weighted by atomic mass is 9.75. The van der Waals surface area contributed by atoms with Gasteiger partial charge in [-0.1, -0.05) is 70.0 Å². The van der Waals surface area contributed by atoms with Crippen molar-refractivity contribution in [3.05, 3.63) is 58.7 Å². The van der Waals surface area contributed by atoms with E-state index in [4.69, 9.17) is 0 Å². The van der Waals surface area contributed by atoms with Crippen LogP contribution in [-0.4, -0.2) is 0 Å². The minimum atomic E-state index is 0.320. The van der Waals surface area contributed by atoms with Crippen molar-refractivity contribution >= 4 is 0 Å². The molecule has 0 bridgehead atoms. The summed E-state index contributed by atoms with van der Waals surface area (Å²) in [5.41, 5.74) is 9.56. The van der Waals surface area contributed by atoms with Gasteiger partial charge in [0.15, 0.2) is 0 Å². The van der Waals surface area contributed by atoms with Crippen LogP contribution in [0.15, 0.2) is 36.4 Å². The highest BCUT2D eigenvalue weighted by molar-refractivity contribution is 5.82. The Kier molecular flexibility index (Phi) is 3.18. The maximum Gasteiger partial charge on any atom is 0.0215 e. The molecule has 22 heavy (non-hydrogen) atoms. The third kappa shape index (κ3) is 1.82. The molecule has 0 nitrogen and oxygen atoms in total. The van der Waals surface area contributed by atoms with Crippen LogP contribution in [0.1, 0.15) is 74.6 Å².